The Hall–Kier alpha value is -6.78. The fourth-order valence-electron chi connectivity index (χ4n) is 6.99. The van der Waals surface area contributed by atoms with Gasteiger partial charge in [0.15, 0.2) is 5.82 Å². The third-order valence-electron chi connectivity index (χ3n) is 9.48. The second kappa shape index (κ2) is 11.4. The Morgan fingerprint density at radius 2 is 0.800 bits per heavy atom. The number of rotatable bonds is 5. The van der Waals surface area contributed by atoms with Crippen LogP contribution in [0.2, 0.25) is 0 Å². The summed E-state index contributed by atoms with van der Waals surface area (Å²) in [6.45, 7) is 0. The molecule has 7 aromatic carbocycles. The van der Waals surface area contributed by atoms with Crippen LogP contribution in [0.5, 0.6) is 0 Å². The third kappa shape index (κ3) is 4.85. The highest BCUT2D eigenvalue weighted by molar-refractivity contribution is 6.07. The van der Waals surface area contributed by atoms with Crippen molar-refractivity contribution in [3.05, 3.63) is 170 Å². The molecule has 0 bridgehead atoms. The van der Waals surface area contributed by atoms with Crippen LogP contribution >= 0.6 is 0 Å². The molecule has 4 nitrogen and oxygen atoms in total. The lowest BCUT2D eigenvalue weighted by atomic mass is 9.94. The monoisotopic (exact) mass is 640 g/mol. The van der Waals surface area contributed by atoms with Crippen LogP contribution in [-0.2, 0) is 0 Å². The van der Waals surface area contributed by atoms with E-state index in [1.165, 1.54) is 0 Å². The first-order valence-corrected chi connectivity index (χ1v) is 16.7. The van der Waals surface area contributed by atoms with E-state index in [9.17, 15) is 0 Å². The number of fused-ring (bicyclic) bond motifs is 6. The summed E-state index contributed by atoms with van der Waals surface area (Å²) in [6.07, 6.45) is 0. The molecule has 0 aliphatic heterocycles. The van der Waals surface area contributed by atoms with E-state index in [0.717, 1.165) is 94.2 Å². The second-order valence-corrected chi connectivity index (χ2v) is 12.6. The molecule has 0 saturated carbocycles. The highest BCUT2D eigenvalue weighted by Gasteiger charge is 2.16. The minimum Gasteiger partial charge on any atom is -0.456 e. The van der Waals surface area contributed by atoms with Crippen molar-refractivity contribution in [3.63, 3.8) is 0 Å². The maximum absolute atomic E-state index is 6.28. The molecule has 3 aromatic heterocycles. The number of hydrogen-bond acceptors (Lipinski definition) is 4. The first-order valence-electron chi connectivity index (χ1n) is 16.7. The minimum absolute atomic E-state index is 0.667. The quantitative estimate of drug-likeness (QED) is 0.188. The van der Waals surface area contributed by atoms with Crippen molar-refractivity contribution in [2.24, 2.45) is 0 Å². The average molecular weight is 641 g/mol. The summed E-state index contributed by atoms with van der Waals surface area (Å²) in [5, 5.41) is 4.40. The summed E-state index contributed by atoms with van der Waals surface area (Å²) in [4.78, 5) is 10.3. The van der Waals surface area contributed by atoms with Gasteiger partial charge in [0, 0.05) is 38.2 Å². The molecule has 0 unspecified atom stereocenters. The van der Waals surface area contributed by atoms with E-state index in [1.54, 1.807) is 0 Å². The zero-order chi connectivity index (χ0) is 33.0. The lowest BCUT2D eigenvalue weighted by Gasteiger charge is -2.13. The number of hydrogen-bond donors (Lipinski definition) is 0. The molecule has 0 aliphatic rings. The fourth-order valence-corrected chi connectivity index (χ4v) is 6.99. The van der Waals surface area contributed by atoms with Crippen LogP contribution in [0.1, 0.15) is 0 Å². The second-order valence-electron chi connectivity index (χ2n) is 12.6. The van der Waals surface area contributed by atoms with Crippen LogP contribution in [0.3, 0.4) is 0 Å². The zero-order valence-electron chi connectivity index (χ0n) is 26.9. The number of furan rings is 2. The molecule has 4 heteroatoms. The Kier molecular flexibility index (Phi) is 6.46. The Morgan fingerprint density at radius 1 is 0.280 bits per heavy atom. The Bertz CT molecular complexity index is 2870. The van der Waals surface area contributed by atoms with Gasteiger partial charge in [0.2, 0.25) is 0 Å². The number of para-hydroxylation sites is 2. The van der Waals surface area contributed by atoms with Crippen LogP contribution < -0.4 is 0 Å². The van der Waals surface area contributed by atoms with Gasteiger partial charge in [0.25, 0.3) is 0 Å². The normalized spacial score (nSPS) is 11.6. The molecule has 0 aliphatic carbocycles. The van der Waals surface area contributed by atoms with Gasteiger partial charge in [-0.3, -0.25) is 0 Å². The van der Waals surface area contributed by atoms with E-state index in [-0.39, 0.29) is 0 Å². The molecule has 10 aromatic rings. The molecule has 3 heterocycles. The molecular weight excluding hydrogens is 613 g/mol. The molecule has 234 valence electrons. The number of nitrogens with zero attached hydrogens (tertiary/aromatic N) is 2. The molecule has 0 saturated heterocycles. The van der Waals surface area contributed by atoms with E-state index in [2.05, 4.69) is 115 Å². The summed E-state index contributed by atoms with van der Waals surface area (Å²) < 4.78 is 12.4. The molecule has 0 amide bonds. The highest BCUT2D eigenvalue weighted by atomic mass is 16.3. The number of aromatic nitrogens is 2. The van der Waals surface area contributed by atoms with Crippen LogP contribution in [-0.4, -0.2) is 9.97 Å². The van der Waals surface area contributed by atoms with Gasteiger partial charge in [0.05, 0.1) is 11.4 Å². The van der Waals surface area contributed by atoms with Gasteiger partial charge in [-0.25, -0.2) is 9.97 Å². The first kappa shape index (κ1) is 28.3. The Labute approximate surface area is 287 Å². The fraction of sp³-hybridized carbons (Fsp3) is 0. The van der Waals surface area contributed by atoms with Crippen molar-refractivity contribution in [3.8, 4) is 56.2 Å². The summed E-state index contributed by atoms with van der Waals surface area (Å²) in [5.41, 5.74) is 12.5. The molecule has 10 rings (SSSR count). The van der Waals surface area contributed by atoms with Crippen molar-refractivity contribution in [2.45, 2.75) is 0 Å². The van der Waals surface area contributed by atoms with Crippen molar-refractivity contribution in [2.75, 3.05) is 0 Å². The summed E-state index contributed by atoms with van der Waals surface area (Å²) in [7, 11) is 0. The maximum atomic E-state index is 6.28. The predicted molar refractivity (Wildman–Crippen MR) is 204 cm³/mol. The molecule has 0 spiro atoms. The van der Waals surface area contributed by atoms with E-state index < -0.39 is 0 Å². The summed E-state index contributed by atoms with van der Waals surface area (Å²) in [6, 6.07) is 58.7. The molecule has 0 radical (unpaired) electrons. The summed E-state index contributed by atoms with van der Waals surface area (Å²) >= 11 is 0. The van der Waals surface area contributed by atoms with Crippen molar-refractivity contribution >= 4 is 43.9 Å². The van der Waals surface area contributed by atoms with Gasteiger partial charge in [-0.15, -0.1) is 0 Å². The molecular formula is C46H28N2O2. The Balaban J connectivity index is 1.18. The van der Waals surface area contributed by atoms with Gasteiger partial charge in [-0.2, -0.15) is 0 Å². The van der Waals surface area contributed by atoms with Crippen LogP contribution in [0.25, 0.3) is 100 Å². The minimum atomic E-state index is 0.667. The molecule has 0 atom stereocenters. The lowest BCUT2D eigenvalue weighted by Crippen LogP contribution is -1.96. The van der Waals surface area contributed by atoms with Gasteiger partial charge in [0.1, 0.15) is 22.3 Å². The van der Waals surface area contributed by atoms with Crippen LogP contribution in [0.4, 0.5) is 0 Å². The topological polar surface area (TPSA) is 52.1 Å². The van der Waals surface area contributed by atoms with E-state index in [0.29, 0.717) is 5.82 Å². The lowest BCUT2D eigenvalue weighted by molar-refractivity contribution is 0.668. The Morgan fingerprint density at radius 3 is 1.54 bits per heavy atom. The molecule has 50 heavy (non-hydrogen) atoms. The average Bonchev–Trinajstić information content (AvgIpc) is 3.76. The van der Waals surface area contributed by atoms with E-state index in [1.807, 2.05) is 54.6 Å². The number of benzene rings is 7. The SMILES string of the molecule is c1ccc(-c2cc(-c3ccc4oc5ccccc5c4c3)cc(-c3cc(-c4ccc5c(c4)oc4ccccc45)nc(-c4ccccc4)n3)c2)cc1. The zero-order valence-corrected chi connectivity index (χ0v) is 26.9. The third-order valence-corrected chi connectivity index (χ3v) is 9.48. The predicted octanol–water partition coefficient (Wildman–Crippen LogP) is 12.6. The van der Waals surface area contributed by atoms with E-state index in [4.69, 9.17) is 18.8 Å². The van der Waals surface area contributed by atoms with Crippen LogP contribution in [0, 0.1) is 0 Å². The van der Waals surface area contributed by atoms with Crippen LogP contribution in [0.15, 0.2) is 179 Å². The van der Waals surface area contributed by atoms with Crippen molar-refractivity contribution in [1.82, 2.24) is 9.97 Å². The standard InChI is InChI=1S/C46H28N2O2/c1-3-11-29(12-4-1)33-23-34(31-20-22-44-39(26-31)37-16-8-10-18-43(37)49-44)25-35(24-33)41-28-40(47-46(48-41)30-13-5-2-6-14-30)32-19-21-38-36-15-7-9-17-42(36)50-45(38)27-32/h1-28H. The van der Waals surface area contributed by atoms with Gasteiger partial charge < -0.3 is 8.83 Å². The summed E-state index contributed by atoms with van der Waals surface area (Å²) in [5.74, 6) is 0.667. The van der Waals surface area contributed by atoms with Gasteiger partial charge >= 0.3 is 0 Å². The van der Waals surface area contributed by atoms with Crippen molar-refractivity contribution < 1.29 is 8.83 Å². The first-order chi connectivity index (χ1) is 24.7. The van der Waals surface area contributed by atoms with Gasteiger partial charge in [-0.05, 0) is 82.9 Å². The smallest absolute Gasteiger partial charge is 0.160 e. The molecule has 0 fully saturated rings. The maximum Gasteiger partial charge on any atom is 0.160 e. The molecule has 0 N–H and O–H groups in total. The van der Waals surface area contributed by atoms with Gasteiger partial charge in [-0.1, -0.05) is 109 Å². The van der Waals surface area contributed by atoms with E-state index >= 15 is 0 Å². The van der Waals surface area contributed by atoms with Crippen molar-refractivity contribution in [1.29, 1.82) is 0 Å². The highest BCUT2D eigenvalue weighted by Crippen LogP contribution is 2.38. The largest absolute Gasteiger partial charge is 0.456 e.